The Morgan fingerprint density at radius 3 is 2.69 bits per heavy atom. The molecule has 8 nitrogen and oxygen atoms in total. The van der Waals surface area contributed by atoms with Crippen molar-refractivity contribution >= 4 is 29.0 Å². The lowest BCUT2D eigenvalue weighted by molar-refractivity contribution is -0.0964. The Hall–Kier alpha value is -3.24. The number of amides is 1. The number of H-pyrrole nitrogens is 1. The summed E-state index contributed by atoms with van der Waals surface area (Å²) in [6.07, 6.45) is 1.65. The van der Waals surface area contributed by atoms with E-state index in [9.17, 15) is 18.7 Å². The molecule has 4 rings (SSSR count). The summed E-state index contributed by atoms with van der Waals surface area (Å²) in [7, 11) is 0. The average molecular weight is 464 g/mol. The van der Waals surface area contributed by atoms with Crippen LogP contribution in [0, 0.1) is 6.92 Å². The maximum absolute atomic E-state index is 12.8. The van der Waals surface area contributed by atoms with Gasteiger partial charge in [-0.1, -0.05) is 0 Å². The number of aromatic nitrogens is 3. The van der Waals surface area contributed by atoms with E-state index in [2.05, 4.69) is 25.2 Å². The number of hydrogen-bond acceptors (Lipinski definition) is 6. The second-order valence-electron chi connectivity index (χ2n) is 7.45. The third-order valence-corrected chi connectivity index (χ3v) is 5.00. The number of alkyl halides is 3. The Bertz CT molecular complexity index is 1120. The fourth-order valence-corrected chi connectivity index (χ4v) is 3.54. The molecule has 1 amide bonds. The first kappa shape index (κ1) is 22.0. The molecule has 1 aliphatic rings. The van der Waals surface area contributed by atoms with E-state index in [0.29, 0.717) is 42.3 Å². The molecule has 1 unspecified atom stereocenters. The summed E-state index contributed by atoms with van der Waals surface area (Å²) >= 11 is 4.75. The molecule has 168 valence electrons. The number of anilines is 2. The number of hydrogen-bond donors (Lipinski definition) is 3. The number of aliphatic hydroxyl groups excluding tert-OH is 1. The van der Waals surface area contributed by atoms with Gasteiger partial charge in [0, 0.05) is 47.8 Å². The van der Waals surface area contributed by atoms with Crippen LogP contribution in [0.1, 0.15) is 22.5 Å². The van der Waals surface area contributed by atoms with Gasteiger partial charge in [0.05, 0.1) is 17.4 Å². The van der Waals surface area contributed by atoms with Crippen molar-refractivity contribution in [3.05, 3.63) is 53.9 Å². The summed E-state index contributed by atoms with van der Waals surface area (Å²) < 4.78 is 29.7. The molecule has 0 aliphatic carbocycles. The zero-order chi connectivity index (χ0) is 22.9. The molecule has 11 heteroatoms. The van der Waals surface area contributed by atoms with Gasteiger partial charge in [-0.3, -0.25) is 9.89 Å². The summed E-state index contributed by atoms with van der Waals surface area (Å²) in [5, 5.41) is 19.8. The van der Waals surface area contributed by atoms with E-state index in [0.717, 1.165) is 5.69 Å². The smallest absolute Gasteiger partial charge is 0.420 e. The predicted octanol–water partition coefficient (Wildman–Crippen LogP) is 3.77. The molecule has 0 saturated carbocycles. The van der Waals surface area contributed by atoms with Crippen LogP contribution in [0.15, 0.2) is 42.6 Å². The van der Waals surface area contributed by atoms with Crippen LogP contribution >= 0.6 is 11.6 Å². The van der Waals surface area contributed by atoms with Crippen molar-refractivity contribution in [2.75, 3.05) is 23.3 Å². The normalized spacial score (nSPS) is 16.3. The third kappa shape index (κ3) is 5.14. The van der Waals surface area contributed by atoms with E-state index < -0.39 is 17.6 Å². The summed E-state index contributed by atoms with van der Waals surface area (Å²) in [5.74, 6) is 0.0569. The Morgan fingerprint density at radius 1 is 1.34 bits per heavy atom. The third-order valence-electron chi connectivity index (χ3n) is 4.92. The number of aryl methyl sites for hydroxylation is 1. The van der Waals surface area contributed by atoms with Gasteiger partial charge in [0.15, 0.2) is 0 Å². The van der Waals surface area contributed by atoms with Crippen molar-refractivity contribution in [3.8, 4) is 17.0 Å². The Labute approximate surface area is 187 Å². The van der Waals surface area contributed by atoms with Crippen molar-refractivity contribution < 1.29 is 23.4 Å². The number of benzene rings is 1. The van der Waals surface area contributed by atoms with Crippen molar-refractivity contribution in [3.63, 3.8) is 0 Å². The van der Waals surface area contributed by atoms with Gasteiger partial charge >= 0.3 is 5.57 Å². The van der Waals surface area contributed by atoms with Crippen LogP contribution in [0.4, 0.5) is 20.3 Å². The topological polar surface area (TPSA) is 103 Å². The van der Waals surface area contributed by atoms with Gasteiger partial charge in [-0.05, 0) is 49.7 Å². The lowest BCUT2D eigenvalue weighted by Crippen LogP contribution is -2.23. The number of β-amino-alcohol motifs (C(OH)–C–C–N with tert-alkyl or cyclic N) is 1. The van der Waals surface area contributed by atoms with Gasteiger partial charge in [0.25, 0.3) is 5.91 Å². The van der Waals surface area contributed by atoms with Crippen molar-refractivity contribution in [1.29, 1.82) is 0 Å². The Morgan fingerprint density at radius 2 is 2.09 bits per heavy atom. The molecule has 2 aromatic heterocycles. The molecule has 3 N–H and O–H groups in total. The van der Waals surface area contributed by atoms with Crippen molar-refractivity contribution in [2.45, 2.75) is 25.0 Å². The number of nitrogens with one attached hydrogen (secondary N) is 2. The Balaban J connectivity index is 1.57. The fourth-order valence-electron chi connectivity index (χ4n) is 3.46. The molecule has 3 heterocycles. The zero-order valence-corrected chi connectivity index (χ0v) is 17.7. The van der Waals surface area contributed by atoms with Gasteiger partial charge < -0.3 is 20.1 Å². The molecule has 1 aliphatic heterocycles. The highest BCUT2D eigenvalue weighted by Gasteiger charge is 2.28. The molecule has 1 aromatic carbocycles. The number of pyridine rings is 1. The molecule has 0 spiro atoms. The summed E-state index contributed by atoms with van der Waals surface area (Å²) in [6, 6.07) is 8.90. The number of carbonyl (C=O) groups excluding carboxylic acids is 1. The number of carbonyl (C=O) groups is 1. The monoisotopic (exact) mass is 463 g/mol. The van der Waals surface area contributed by atoms with Gasteiger partial charge in [-0.25, -0.2) is 4.98 Å². The van der Waals surface area contributed by atoms with E-state index in [1.54, 1.807) is 6.07 Å². The summed E-state index contributed by atoms with van der Waals surface area (Å²) in [5.41, 5.74) is -1.01. The van der Waals surface area contributed by atoms with E-state index in [1.807, 2.05) is 17.9 Å². The zero-order valence-electron chi connectivity index (χ0n) is 17.0. The number of rotatable bonds is 6. The van der Waals surface area contributed by atoms with Gasteiger partial charge in [0.1, 0.15) is 11.6 Å². The molecular weight excluding hydrogens is 444 g/mol. The minimum absolute atomic E-state index is 0.141. The first-order valence-electron chi connectivity index (χ1n) is 9.80. The second-order valence-corrected chi connectivity index (χ2v) is 7.89. The SMILES string of the molecule is Cc1cc(-c2cc(C(=O)Nc3ccc(OC(F)(F)Cl)cc3)cnc2N2CCC(O)C2)n[nH]1. The quantitative estimate of drug-likeness (QED) is 0.481. The number of ether oxygens (including phenoxy) is 1. The van der Waals surface area contributed by atoms with E-state index in [1.165, 1.54) is 30.5 Å². The molecule has 1 fully saturated rings. The number of nitrogens with zero attached hydrogens (tertiary/aromatic N) is 3. The van der Waals surface area contributed by atoms with Gasteiger partial charge in [-0.2, -0.15) is 5.10 Å². The Kier molecular flexibility index (Phi) is 5.98. The van der Waals surface area contributed by atoms with Crippen LogP contribution in [0.2, 0.25) is 0 Å². The molecule has 3 aromatic rings. The molecule has 0 radical (unpaired) electrons. The maximum Gasteiger partial charge on any atom is 0.487 e. The highest BCUT2D eigenvalue weighted by atomic mass is 35.5. The second kappa shape index (κ2) is 8.71. The van der Waals surface area contributed by atoms with E-state index in [4.69, 9.17) is 11.6 Å². The van der Waals surface area contributed by atoms with Gasteiger partial charge in [0.2, 0.25) is 0 Å². The van der Waals surface area contributed by atoms with Crippen molar-refractivity contribution in [2.24, 2.45) is 0 Å². The van der Waals surface area contributed by atoms with Crippen LogP contribution in [0.5, 0.6) is 5.75 Å². The highest BCUT2D eigenvalue weighted by molar-refractivity contribution is 6.20. The van der Waals surface area contributed by atoms with Gasteiger partial charge in [-0.15, -0.1) is 8.78 Å². The number of aliphatic hydroxyl groups is 1. The molecule has 1 atom stereocenters. The van der Waals surface area contributed by atoms with E-state index >= 15 is 0 Å². The first-order valence-corrected chi connectivity index (χ1v) is 10.2. The lowest BCUT2D eigenvalue weighted by Gasteiger charge is -2.20. The first-order chi connectivity index (χ1) is 15.2. The minimum Gasteiger partial charge on any atom is -0.420 e. The van der Waals surface area contributed by atoms with E-state index in [-0.39, 0.29) is 11.3 Å². The van der Waals surface area contributed by atoms with Crippen LogP contribution < -0.4 is 15.0 Å². The highest BCUT2D eigenvalue weighted by Crippen LogP contribution is 2.32. The van der Waals surface area contributed by atoms with Crippen LogP contribution in [-0.4, -0.2) is 51.0 Å². The molecular formula is C21H20ClF2N5O3. The number of halogens is 3. The molecule has 1 saturated heterocycles. The minimum atomic E-state index is -3.81. The maximum atomic E-state index is 12.8. The largest absolute Gasteiger partial charge is 0.487 e. The van der Waals surface area contributed by atoms with Crippen LogP contribution in [0.3, 0.4) is 0 Å². The fraction of sp³-hybridized carbons (Fsp3) is 0.286. The standard InChI is InChI=1S/C21H20ClF2N5O3/c1-12-8-18(28-27-12)17-9-13(10-25-19(17)29-7-6-15(30)11-29)20(31)26-14-2-4-16(5-3-14)32-21(22,23)24/h2-5,8-10,15,30H,6-7,11H2,1H3,(H,26,31)(H,27,28). The number of aromatic amines is 1. The molecule has 32 heavy (non-hydrogen) atoms. The van der Waals surface area contributed by atoms with Crippen LogP contribution in [-0.2, 0) is 0 Å². The average Bonchev–Trinajstić information content (AvgIpc) is 3.36. The summed E-state index contributed by atoms with van der Waals surface area (Å²) in [6.45, 7) is 2.96. The summed E-state index contributed by atoms with van der Waals surface area (Å²) in [4.78, 5) is 19.2. The molecule has 0 bridgehead atoms. The lowest BCUT2D eigenvalue weighted by atomic mass is 10.1. The van der Waals surface area contributed by atoms with Crippen molar-refractivity contribution in [1.82, 2.24) is 15.2 Å². The predicted molar refractivity (Wildman–Crippen MR) is 115 cm³/mol. The van der Waals surface area contributed by atoms with Crippen LogP contribution in [0.25, 0.3) is 11.3 Å².